The molecule has 0 spiro atoms. The van der Waals surface area contributed by atoms with Gasteiger partial charge in [-0.05, 0) is 55.8 Å². The van der Waals surface area contributed by atoms with Gasteiger partial charge >= 0.3 is 0 Å². The van der Waals surface area contributed by atoms with Crippen LogP contribution in [0.2, 0.25) is 0 Å². The highest BCUT2D eigenvalue weighted by Gasteiger charge is 2.24. The van der Waals surface area contributed by atoms with E-state index in [0.717, 1.165) is 53.8 Å². The molecule has 0 aliphatic carbocycles. The van der Waals surface area contributed by atoms with Crippen molar-refractivity contribution >= 4 is 33.1 Å². The van der Waals surface area contributed by atoms with Crippen LogP contribution >= 0.6 is 11.3 Å². The Balaban J connectivity index is 1.23. The molecule has 4 heterocycles. The molecule has 8 heteroatoms. The summed E-state index contributed by atoms with van der Waals surface area (Å²) in [5, 5.41) is 16.4. The van der Waals surface area contributed by atoms with E-state index in [1.165, 1.54) is 17.5 Å². The summed E-state index contributed by atoms with van der Waals surface area (Å²) in [6, 6.07) is 13.9. The van der Waals surface area contributed by atoms with E-state index in [-0.39, 0.29) is 0 Å². The maximum Gasteiger partial charge on any atom is 0.187 e. The van der Waals surface area contributed by atoms with Gasteiger partial charge in [-0.2, -0.15) is 5.26 Å². The quantitative estimate of drug-likeness (QED) is 0.434. The number of nitrogens with zero attached hydrogens (tertiary/aromatic N) is 4. The first-order chi connectivity index (χ1) is 15.7. The van der Waals surface area contributed by atoms with Gasteiger partial charge in [-0.3, -0.25) is 4.90 Å². The van der Waals surface area contributed by atoms with E-state index < -0.39 is 0 Å². The molecule has 3 aromatic heterocycles. The number of aromatic nitrogens is 3. The number of pyridine rings is 1. The maximum atomic E-state index is 8.88. The van der Waals surface area contributed by atoms with E-state index in [2.05, 4.69) is 43.8 Å². The fourth-order valence-electron chi connectivity index (χ4n) is 4.25. The van der Waals surface area contributed by atoms with Crippen LogP contribution < -0.4 is 10.1 Å². The number of methoxy groups -OCH3 is 1. The van der Waals surface area contributed by atoms with Crippen molar-refractivity contribution in [1.29, 1.82) is 5.26 Å². The minimum absolute atomic E-state index is 0.409. The lowest BCUT2D eigenvalue weighted by Crippen LogP contribution is -2.34. The minimum atomic E-state index is 0.409. The second kappa shape index (κ2) is 8.99. The molecule has 1 aliphatic rings. The number of nitriles is 1. The molecule has 32 heavy (non-hydrogen) atoms. The van der Waals surface area contributed by atoms with E-state index in [0.29, 0.717) is 11.6 Å². The lowest BCUT2D eigenvalue weighted by atomic mass is 9.95. The van der Waals surface area contributed by atoms with Crippen molar-refractivity contribution in [3.63, 3.8) is 0 Å². The van der Waals surface area contributed by atoms with Gasteiger partial charge in [0.15, 0.2) is 5.13 Å². The molecule has 0 amide bonds. The molecule has 4 aromatic rings. The number of aromatic amines is 1. The van der Waals surface area contributed by atoms with Crippen molar-refractivity contribution < 1.29 is 4.74 Å². The Bertz CT molecular complexity index is 1260. The van der Waals surface area contributed by atoms with E-state index in [1.54, 1.807) is 30.7 Å². The zero-order valence-electron chi connectivity index (χ0n) is 17.8. The first kappa shape index (κ1) is 20.5. The van der Waals surface area contributed by atoms with Gasteiger partial charge in [0.05, 0.1) is 24.7 Å². The second-order valence-corrected chi connectivity index (χ2v) is 8.93. The molecule has 1 atom stereocenters. The monoisotopic (exact) mass is 444 g/mol. The van der Waals surface area contributed by atoms with Crippen LogP contribution in [0.3, 0.4) is 0 Å². The number of rotatable bonds is 6. The molecular formula is C24H24N6OS. The molecule has 1 aliphatic heterocycles. The Kier molecular flexibility index (Phi) is 5.75. The lowest BCUT2D eigenvalue weighted by Gasteiger charge is -2.31. The number of benzene rings is 1. The molecule has 1 aromatic carbocycles. The fourth-order valence-corrected chi connectivity index (χ4v) is 5.07. The Labute approximate surface area is 190 Å². The average molecular weight is 445 g/mol. The Morgan fingerprint density at radius 1 is 1.31 bits per heavy atom. The molecule has 0 radical (unpaired) electrons. The summed E-state index contributed by atoms with van der Waals surface area (Å²) in [4.78, 5) is 15.0. The van der Waals surface area contributed by atoms with Gasteiger partial charge in [0.2, 0.25) is 0 Å². The number of piperidine rings is 1. The van der Waals surface area contributed by atoms with E-state index in [4.69, 9.17) is 15.0 Å². The zero-order valence-corrected chi connectivity index (χ0v) is 18.7. The third kappa shape index (κ3) is 4.44. The van der Waals surface area contributed by atoms with Gasteiger partial charge in [0, 0.05) is 41.0 Å². The van der Waals surface area contributed by atoms with Gasteiger partial charge in [0.25, 0.3) is 0 Å². The van der Waals surface area contributed by atoms with Crippen LogP contribution in [-0.4, -0.2) is 40.1 Å². The number of H-pyrrole nitrogens is 1. The number of hydrogen-bond donors (Lipinski definition) is 2. The SMILES string of the molecule is COc1ccc2[nH]c(CN3CCCC(c4csc(Nc5ccc(C#N)nc5)n4)C3)cc2c1. The summed E-state index contributed by atoms with van der Waals surface area (Å²) < 4.78 is 5.34. The number of anilines is 2. The summed E-state index contributed by atoms with van der Waals surface area (Å²) >= 11 is 1.61. The number of thiazole rings is 1. The number of hydrogen-bond acceptors (Lipinski definition) is 7. The molecule has 5 rings (SSSR count). The molecule has 2 N–H and O–H groups in total. The van der Waals surface area contributed by atoms with E-state index >= 15 is 0 Å². The summed E-state index contributed by atoms with van der Waals surface area (Å²) in [5.41, 5.74) is 4.76. The second-order valence-electron chi connectivity index (χ2n) is 8.07. The standard InChI is InChI=1S/C24H24N6OS/c1-31-21-6-7-22-17(10-21)9-20(27-22)14-30-8-2-3-16(13-30)23-15-32-24(29-23)28-19-5-4-18(11-25)26-12-19/h4-7,9-10,12,15-16,27H,2-3,8,13-14H2,1H3,(H,28,29). The zero-order chi connectivity index (χ0) is 21.9. The third-order valence-corrected chi connectivity index (χ3v) is 6.63. The van der Waals surface area contributed by atoms with Gasteiger partial charge in [-0.15, -0.1) is 11.3 Å². The van der Waals surface area contributed by atoms with Crippen LogP contribution in [0.4, 0.5) is 10.8 Å². The largest absolute Gasteiger partial charge is 0.497 e. The van der Waals surface area contributed by atoms with Crippen LogP contribution in [0.5, 0.6) is 5.75 Å². The molecule has 0 bridgehead atoms. The van der Waals surface area contributed by atoms with Crippen LogP contribution in [0.15, 0.2) is 48.0 Å². The normalized spacial score (nSPS) is 16.7. The summed E-state index contributed by atoms with van der Waals surface area (Å²) in [7, 11) is 1.70. The minimum Gasteiger partial charge on any atom is -0.497 e. The van der Waals surface area contributed by atoms with E-state index in [9.17, 15) is 0 Å². The van der Waals surface area contributed by atoms with Crippen molar-refractivity contribution in [3.05, 3.63) is 65.1 Å². The van der Waals surface area contributed by atoms with Crippen LogP contribution in [0, 0.1) is 11.3 Å². The van der Waals surface area contributed by atoms with Crippen molar-refractivity contribution in [3.8, 4) is 11.8 Å². The molecule has 1 fully saturated rings. The highest BCUT2D eigenvalue weighted by Crippen LogP contribution is 2.31. The number of fused-ring (bicyclic) bond motifs is 1. The first-order valence-corrected chi connectivity index (χ1v) is 11.5. The predicted molar refractivity (Wildman–Crippen MR) is 126 cm³/mol. The summed E-state index contributed by atoms with van der Waals surface area (Å²) in [5.74, 6) is 1.31. The Morgan fingerprint density at radius 2 is 2.25 bits per heavy atom. The van der Waals surface area contributed by atoms with Crippen LogP contribution in [0.25, 0.3) is 10.9 Å². The maximum absolute atomic E-state index is 8.88. The van der Waals surface area contributed by atoms with Gasteiger partial charge in [-0.25, -0.2) is 9.97 Å². The molecule has 0 saturated carbocycles. The van der Waals surface area contributed by atoms with Gasteiger partial charge in [0.1, 0.15) is 17.5 Å². The summed E-state index contributed by atoms with van der Waals surface area (Å²) in [6.45, 7) is 3.00. The number of likely N-dealkylation sites (tertiary alicyclic amines) is 1. The topological polar surface area (TPSA) is 89.9 Å². The lowest BCUT2D eigenvalue weighted by molar-refractivity contribution is 0.197. The molecule has 1 unspecified atom stereocenters. The Hall–Kier alpha value is -3.41. The average Bonchev–Trinajstić information content (AvgIpc) is 3.45. The molecule has 1 saturated heterocycles. The fraction of sp³-hybridized carbons (Fsp3) is 0.292. The smallest absolute Gasteiger partial charge is 0.187 e. The van der Waals surface area contributed by atoms with Gasteiger partial charge < -0.3 is 15.0 Å². The van der Waals surface area contributed by atoms with Crippen LogP contribution in [0.1, 0.15) is 35.8 Å². The van der Waals surface area contributed by atoms with Crippen molar-refractivity contribution in [2.24, 2.45) is 0 Å². The molecular weight excluding hydrogens is 420 g/mol. The van der Waals surface area contributed by atoms with Crippen molar-refractivity contribution in [2.45, 2.75) is 25.3 Å². The Morgan fingerprint density at radius 3 is 3.06 bits per heavy atom. The van der Waals surface area contributed by atoms with E-state index in [1.807, 2.05) is 18.2 Å². The van der Waals surface area contributed by atoms with Crippen molar-refractivity contribution in [2.75, 3.05) is 25.5 Å². The highest BCUT2D eigenvalue weighted by atomic mass is 32.1. The predicted octanol–water partition coefficient (Wildman–Crippen LogP) is 5.02. The molecule has 7 nitrogen and oxygen atoms in total. The van der Waals surface area contributed by atoms with Crippen LogP contribution in [-0.2, 0) is 6.54 Å². The number of nitrogens with one attached hydrogen (secondary N) is 2. The summed E-state index contributed by atoms with van der Waals surface area (Å²) in [6.07, 6.45) is 3.98. The molecule has 162 valence electrons. The van der Waals surface area contributed by atoms with Crippen molar-refractivity contribution in [1.82, 2.24) is 19.9 Å². The number of ether oxygens (including phenoxy) is 1. The third-order valence-electron chi connectivity index (χ3n) is 5.85. The first-order valence-electron chi connectivity index (χ1n) is 10.7. The van der Waals surface area contributed by atoms with Gasteiger partial charge in [-0.1, -0.05) is 0 Å². The highest BCUT2D eigenvalue weighted by molar-refractivity contribution is 7.13.